The Labute approximate surface area is 149 Å². The van der Waals surface area contributed by atoms with E-state index < -0.39 is 0 Å². The van der Waals surface area contributed by atoms with E-state index in [1.54, 1.807) is 19.4 Å². The molecule has 0 aliphatic carbocycles. The van der Waals surface area contributed by atoms with Gasteiger partial charge in [-0.1, -0.05) is 24.3 Å². The van der Waals surface area contributed by atoms with Crippen LogP contribution >= 0.6 is 0 Å². The van der Waals surface area contributed by atoms with E-state index in [1.807, 2.05) is 48.5 Å². The van der Waals surface area contributed by atoms with Crippen LogP contribution in [0.5, 0.6) is 5.75 Å². The number of carbonyl (C=O) groups excluding carboxylic acids is 1. The number of ether oxygens (including phenoxy) is 1. The molecular weight excluding hydrogens is 330 g/mol. The maximum atomic E-state index is 12.2. The Kier molecular flexibility index (Phi) is 4.15. The fourth-order valence-electron chi connectivity index (χ4n) is 2.86. The molecule has 6 nitrogen and oxygen atoms in total. The predicted octanol–water partition coefficient (Wildman–Crippen LogP) is 4.31. The fraction of sp³-hybridized carbons (Fsp3) is 0.100. The maximum absolute atomic E-state index is 12.2. The molecule has 0 radical (unpaired) electrons. The summed E-state index contributed by atoms with van der Waals surface area (Å²) in [5.74, 6) is 0.567. The molecule has 2 amide bonds. The second kappa shape index (κ2) is 6.76. The second-order valence-electron chi connectivity index (χ2n) is 5.78. The SMILES string of the molecule is COc1cc2c(cc1NC(=O)NCc1ccccn1)oc1ccccc12. The van der Waals surface area contributed by atoms with Gasteiger partial charge in [-0.25, -0.2) is 4.79 Å². The maximum Gasteiger partial charge on any atom is 0.319 e. The minimum atomic E-state index is -0.343. The van der Waals surface area contributed by atoms with Crippen molar-refractivity contribution in [3.8, 4) is 5.75 Å². The van der Waals surface area contributed by atoms with Crippen LogP contribution in [0.3, 0.4) is 0 Å². The number of fused-ring (bicyclic) bond motifs is 3. The summed E-state index contributed by atoms with van der Waals surface area (Å²) in [4.78, 5) is 16.4. The van der Waals surface area contributed by atoms with Crippen molar-refractivity contribution >= 4 is 33.7 Å². The molecule has 2 heterocycles. The summed E-state index contributed by atoms with van der Waals surface area (Å²) >= 11 is 0. The third-order valence-corrected chi connectivity index (χ3v) is 4.10. The van der Waals surface area contributed by atoms with Gasteiger partial charge in [0.1, 0.15) is 16.9 Å². The number of benzene rings is 2. The van der Waals surface area contributed by atoms with Crippen LogP contribution in [-0.2, 0) is 6.54 Å². The van der Waals surface area contributed by atoms with Crippen molar-refractivity contribution in [2.75, 3.05) is 12.4 Å². The summed E-state index contributed by atoms with van der Waals surface area (Å²) in [7, 11) is 1.57. The van der Waals surface area contributed by atoms with E-state index in [9.17, 15) is 4.79 Å². The van der Waals surface area contributed by atoms with E-state index in [0.29, 0.717) is 23.6 Å². The highest BCUT2D eigenvalue weighted by Gasteiger charge is 2.14. The van der Waals surface area contributed by atoms with E-state index >= 15 is 0 Å². The van der Waals surface area contributed by atoms with Crippen LogP contribution in [-0.4, -0.2) is 18.1 Å². The number of methoxy groups -OCH3 is 1. The molecule has 0 aliphatic heterocycles. The average Bonchev–Trinajstić information content (AvgIpc) is 3.04. The normalized spacial score (nSPS) is 10.8. The number of furan rings is 1. The molecule has 0 spiro atoms. The number of anilines is 1. The molecule has 0 unspecified atom stereocenters. The number of urea groups is 1. The molecule has 0 fully saturated rings. The quantitative estimate of drug-likeness (QED) is 0.577. The molecule has 6 heteroatoms. The first-order chi connectivity index (χ1) is 12.7. The van der Waals surface area contributed by atoms with Gasteiger partial charge in [0.15, 0.2) is 0 Å². The predicted molar refractivity (Wildman–Crippen MR) is 100 cm³/mol. The van der Waals surface area contributed by atoms with Crippen molar-refractivity contribution in [2.45, 2.75) is 6.54 Å². The molecule has 2 aromatic carbocycles. The summed E-state index contributed by atoms with van der Waals surface area (Å²) in [5, 5.41) is 7.53. The number of carbonyl (C=O) groups is 1. The molecule has 0 saturated heterocycles. The highest BCUT2D eigenvalue weighted by atomic mass is 16.5. The minimum Gasteiger partial charge on any atom is -0.495 e. The fourth-order valence-corrected chi connectivity index (χ4v) is 2.86. The number of pyridine rings is 1. The number of rotatable bonds is 4. The van der Waals surface area contributed by atoms with Gasteiger partial charge < -0.3 is 19.8 Å². The van der Waals surface area contributed by atoms with Crippen LogP contribution in [0.25, 0.3) is 21.9 Å². The lowest BCUT2D eigenvalue weighted by Gasteiger charge is -2.11. The molecule has 0 aliphatic rings. The minimum absolute atomic E-state index is 0.335. The Morgan fingerprint density at radius 3 is 2.73 bits per heavy atom. The third-order valence-electron chi connectivity index (χ3n) is 4.10. The van der Waals surface area contributed by atoms with Gasteiger partial charge in [0, 0.05) is 23.0 Å². The van der Waals surface area contributed by atoms with Crippen molar-refractivity contribution in [2.24, 2.45) is 0 Å². The van der Waals surface area contributed by atoms with Crippen molar-refractivity contribution < 1.29 is 13.9 Å². The monoisotopic (exact) mass is 347 g/mol. The Morgan fingerprint density at radius 2 is 1.92 bits per heavy atom. The average molecular weight is 347 g/mol. The van der Waals surface area contributed by atoms with E-state index in [-0.39, 0.29) is 6.03 Å². The smallest absolute Gasteiger partial charge is 0.319 e. The number of hydrogen-bond donors (Lipinski definition) is 2. The van der Waals surface area contributed by atoms with Gasteiger partial charge in [-0.3, -0.25) is 4.98 Å². The zero-order chi connectivity index (χ0) is 17.9. The molecule has 0 bridgehead atoms. The largest absolute Gasteiger partial charge is 0.495 e. The van der Waals surface area contributed by atoms with Crippen molar-refractivity contribution in [1.82, 2.24) is 10.3 Å². The molecule has 26 heavy (non-hydrogen) atoms. The molecule has 130 valence electrons. The Balaban J connectivity index is 1.59. The molecule has 4 aromatic rings. The van der Waals surface area contributed by atoms with E-state index in [1.165, 1.54) is 0 Å². The molecular formula is C20H17N3O3. The zero-order valence-corrected chi connectivity index (χ0v) is 14.2. The van der Waals surface area contributed by atoms with Gasteiger partial charge in [0.2, 0.25) is 0 Å². The summed E-state index contributed by atoms with van der Waals surface area (Å²) in [6.07, 6.45) is 1.69. The standard InChI is InChI=1S/C20H17N3O3/c1-25-19-10-15-14-7-2-3-8-17(14)26-18(15)11-16(19)23-20(24)22-12-13-6-4-5-9-21-13/h2-11H,12H2,1H3,(H2,22,23,24). The zero-order valence-electron chi connectivity index (χ0n) is 14.2. The van der Waals surface area contributed by atoms with Crippen molar-refractivity contribution in [1.29, 1.82) is 0 Å². The van der Waals surface area contributed by atoms with Gasteiger partial charge in [0.25, 0.3) is 0 Å². The third kappa shape index (κ3) is 3.04. The Hall–Kier alpha value is -3.54. The van der Waals surface area contributed by atoms with Crippen LogP contribution in [0.2, 0.25) is 0 Å². The molecule has 0 atom stereocenters. The lowest BCUT2D eigenvalue weighted by Crippen LogP contribution is -2.28. The van der Waals surface area contributed by atoms with Crippen LogP contribution in [0.1, 0.15) is 5.69 Å². The highest BCUT2D eigenvalue weighted by molar-refractivity contribution is 6.07. The summed E-state index contributed by atoms with van der Waals surface area (Å²) in [5.41, 5.74) is 2.80. The number of amides is 2. The first kappa shape index (κ1) is 16.0. The molecule has 2 aromatic heterocycles. The first-order valence-corrected chi connectivity index (χ1v) is 8.18. The van der Waals surface area contributed by atoms with E-state index in [4.69, 9.17) is 9.15 Å². The highest BCUT2D eigenvalue weighted by Crippen LogP contribution is 2.36. The number of aromatic nitrogens is 1. The van der Waals surface area contributed by atoms with Gasteiger partial charge in [-0.2, -0.15) is 0 Å². The van der Waals surface area contributed by atoms with Crippen LogP contribution in [0.4, 0.5) is 10.5 Å². The summed E-state index contributed by atoms with van der Waals surface area (Å²) < 4.78 is 11.3. The number of nitrogens with one attached hydrogen (secondary N) is 2. The lowest BCUT2D eigenvalue weighted by molar-refractivity contribution is 0.251. The van der Waals surface area contributed by atoms with Crippen molar-refractivity contribution in [3.63, 3.8) is 0 Å². The van der Waals surface area contributed by atoms with E-state index in [2.05, 4.69) is 15.6 Å². The second-order valence-corrected chi connectivity index (χ2v) is 5.78. The van der Waals surface area contributed by atoms with Gasteiger partial charge in [-0.15, -0.1) is 0 Å². The summed E-state index contributed by atoms with van der Waals surface area (Å²) in [6, 6.07) is 16.6. The van der Waals surface area contributed by atoms with E-state index in [0.717, 1.165) is 22.0 Å². The Bertz CT molecular complexity index is 1070. The lowest BCUT2D eigenvalue weighted by atomic mass is 10.1. The topological polar surface area (TPSA) is 76.4 Å². The van der Waals surface area contributed by atoms with Crippen molar-refractivity contribution in [3.05, 3.63) is 66.5 Å². The number of hydrogen-bond acceptors (Lipinski definition) is 4. The summed E-state index contributed by atoms with van der Waals surface area (Å²) in [6.45, 7) is 0.335. The number of nitrogens with zero attached hydrogens (tertiary/aromatic N) is 1. The van der Waals surface area contributed by atoms with Gasteiger partial charge >= 0.3 is 6.03 Å². The number of para-hydroxylation sites is 1. The molecule has 2 N–H and O–H groups in total. The molecule has 0 saturated carbocycles. The van der Waals surface area contributed by atoms with Crippen LogP contribution < -0.4 is 15.4 Å². The first-order valence-electron chi connectivity index (χ1n) is 8.18. The van der Waals surface area contributed by atoms with Gasteiger partial charge in [-0.05, 0) is 24.3 Å². The van der Waals surface area contributed by atoms with Gasteiger partial charge in [0.05, 0.1) is 25.0 Å². The van der Waals surface area contributed by atoms with Crippen LogP contribution in [0.15, 0.2) is 65.2 Å². The Morgan fingerprint density at radius 1 is 1.08 bits per heavy atom. The molecule has 4 rings (SSSR count). The van der Waals surface area contributed by atoms with Crippen LogP contribution in [0, 0.1) is 0 Å².